The number of benzene rings is 1. The van der Waals surface area contributed by atoms with Crippen LogP contribution in [0.1, 0.15) is 18.7 Å². The first-order valence-electron chi connectivity index (χ1n) is 4.01. The van der Waals surface area contributed by atoms with Crippen LogP contribution in [0.25, 0.3) is 0 Å². The number of aliphatic hydroxyl groups is 1. The van der Waals surface area contributed by atoms with Crippen molar-refractivity contribution in [2.45, 2.75) is 13.2 Å². The zero-order chi connectivity index (χ0) is 9.84. The predicted molar refractivity (Wildman–Crippen MR) is 51.8 cm³/mol. The molecule has 0 spiro atoms. The summed E-state index contributed by atoms with van der Waals surface area (Å²) in [6, 6.07) is 4.97. The van der Waals surface area contributed by atoms with E-state index in [9.17, 15) is 0 Å². The highest BCUT2D eigenvalue weighted by Gasteiger charge is 2.05. The molecule has 72 valence electrons. The number of halogens is 1. The number of hydrogen-bond acceptors (Lipinski definition) is 3. The molecule has 1 aromatic rings. The summed E-state index contributed by atoms with van der Waals surface area (Å²) < 4.78 is 5.22. The van der Waals surface area contributed by atoms with E-state index in [0.29, 0.717) is 22.9 Å². The largest absolute Gasteiger partial charge is 0.492 e. The van der Waals surface area contributed by atoms with Crippen LogP contribution in [0.2, 0.25) is 5.02 Å². The Labute approximate surface area is 82.1 Å². The van der Waals surface area contributed by atoms with Crippen molar-refractivity contribution >= 4 is 11.6 Å². The van der Waals surface area contributed by atoms with Crippen molar-refractivity contribution in [3.05, 3.63) is 28.8 Å². The summed E-state index contributed by atoms with van der Waals surface area (Å²) in [6.45, 7) is 2.44. The molecule has 0 bridgehead atoms. The Kier molecular flexibility index (Phi) is 3.54. The van der Waals surface area contributed by atoms with Crippen LogP contribution in [0, 0.1) is 0 Å². The van der Waals surface area contributed by atoms with Crippen molar-refractivity contribution in [3.63, 3.8) is 0 Å². The smallest absolute Gasteiger partial charge is 0.137 e. The van der Waals surface area contributed by atoms with Gasteiger partial charge in [0.15, 0.2) is 0 Å². The monoisotopic (exact) mass is 201 g/mol. The van der Waals surface area contributed by atoms with E-state index < -0.39 is 6.23 Å². The van der Waals surface area contributed by atoms with Crippen LogP contribution < -0.4 is 10.5 Å². The van der Waals surface area contributed by atoms with Crippen molar-refractivity contribution in [2.24, 2.45) is 5.73 Å². The maximum atomic E-state index is 9.05. The summed E-state index contributed by atoms with van der Waals surface area (Å²) in [5, 5.41) is 9.51. The molecule has 0 fully saturated rings. The minimum Gasteiger partial charge on any atom is -0.492 e. The fourth-order valence-corrected chi connectivity index (χ4v) is 1.22. The maximum absolute atomic E-state index is 9.05. The number of hydrogen-bond donors (Lipinski definition) is 2. The first kappa shape index (κ1) is 10.3. The van der Waals surface area contributed by atoms with Gasteiger partial charge in [-0.15, -0.1) is 0 Å². The Hall–Kier alpha value is -0.770. The number of aliphatic hydroxyl groups excluding tert-OH is 1. The topological polar surface area (TPSA) is 55.5 Å². The van der Waals surface area contributed by atoms with Gasteiger partial charge >= 0.3 is 0 Å². The van der Waals surface area contributed by atoms with Crippen LogP contribution in [0.4, 0.5) is 0 Å². The van der Waals surface area contributed by atoms with Gasteiger partial charge in [-0.1, -0.05) is 17.7 Å². The van der Waals surface area contributed by atoms with Gasteiger partial charge < -0.3 is 15.6 Å². The molecule has 0 heterocycles. The second kappa shape index (κ2) is 4.46. The van der Waals surface area contributed by atoms with E-state index in [-0.39, 0.29) is 0 Å². The van der Waals surface area contributed by atoms with Gasteiger partial charge in [0.1, 0.15) is 12.0 Å². The van der Waals surface area contributed by atoms with E-state index in [1.807, 2.05) is 6.92 Å². The second-order valence-corrected chi connectivity index (χ2v) is 2.97. The fourth-order valence-electron chi connectivity index (χ4n) is 0.974. The first-order chi connectivity index (χ1) is 6.15. The van der Waals surface area contributed by atoms with Gasteiger partial charge in [0, 0.05) is 0 Å². The van der Waals surface area contributed by atoms with Crippen molar-refractivity contribution in [1.82, 2.24) is 0 Å². The molecule has 13 heavy (non-hydrogen) atoms. The van der Waals surface area contributed by atoms with Gasteiger partial charge in [-0.05, 0) is 24.6 Å². The van der Waals surface area contributed by atoms with Gasteiger partial charge in [-0.2, -0.15) is 0 Å². The van der Waals surface area contributed by atoms with Crippen LogP contribution in [0.3, 0.4) is 0 Å². The standard InChI is InChI=1S/C9H12ClNO2/c1-2-13-8-4-3-6(9(11)12)5-7(8)10/h3-5,9,12H,2,11H2,1H3. The maximum Gasteiger partial charge on any atom is 0.137 e. The average molecular weight is 202 g/mol. The summed E-state index contributed by atoms with van der Waals surface area (Å²) in [6.07, 6.45) is -0.992. The van der Waals surface area contributed by atoms with Gasteiger partial charge in [0.25, 0.3) is 0 Å². The summed E-state index contributed by atoms with van der Waals surface area (Å²) in [7, 11) is 0. The van der Waals surface area contributed by atoms with Gasteiger partial charge in [0.2, 0.25) is 0 Å². The third kappa shape index (κ3) is 2.59. The Morgan fingerprint density at radius 2 is 2.31 bits per heavy atom. The molecule has 1 rings (SSSR count). The van der Waals surface area contributed by atoms with Crippen molar-refractivity contribution in [3.8, 4) is 5.75 Å². The normalized spacial score (nSPS) is 12.6. The van der Waals surface area contributed by atoms with E-state index >= 15 is 0 Å². The molecule has 0 radical (unpaired) electrons. The molecule has 0 aliphatic heterocycles. The molecular formula is C9H12ClNO2. The fraction of sp³-hybridized carbons (Fsp3) is 0.333. The summed E-state index contributed by atoms with van der Waals surface area (Å²) in [5.41, 5.74) is 5.84. The lowest BCUT2D eigenvalue weighted by molar-refractivity contribution is 0.186. The molecular weight excluding hydrogens is 190 g/mol. The lowest BCUT2D eigenvalue weighted by atomic mass is 10.2. The highest BCUT2D eigenvalue weighted by atomic mass is 35.5. The summed E-state index contributed by atoms with van der Waals surface area (Å²) in [5.74, 6) is 0.605. The SMILES string of the molecule is CCOc1ccc(C(N)O)cc1Cl. The van der Waals surface area contributed by atoms with E-state index in [1.54, 1.807) is 18.2 Å². The van der Waals surface area contributed by atoms with E-state index in [0.717, 1.165) is 0 Å². The molecule has 1 aromatic carbocycles. The molecule has 0 aromatic heterocycles. The molecule has 3 N–H and O–H groups in total. The first-order valence-corrected chi connectivity index (χ1v) is 4.39. The third-order valence-corrected chi connectivity index (χ3v) is 1.89. The zero-order valence-electron chi connectivity index (χ0n) is 7.33. The number of nitrogens with two attached hydrogens (primary N) is 1. The lowest BCUT2D eigenvalue weighted by Crippen LogP contribution is -2.08. The molecule has 1 unspecified atom stereocenters. The second-order valence-electron chi connectivity index (χ2n) is 2.57. The van der Waals surface area contributed by atoms with Crippen LogP contribution in [0.5, 0.6) is 5.75 Å². The minimum absolute atomic E-state index is 0.462. The van der Waals surface area contributed by atoms with Crippen molar-refractivity contribution < 1.29 is 9.84 Å². The van der Waals surface area contributed by atoms with E-state index in [1.165, 1.54) is 0 Å². The lowest BCUT2D eigenvalue weighted by Gasteiger charge is -2.08. The average Bonchev–Trinajstić information content (AvgIpc) is 2.08. The molecule has 0 saturated carbocycles. The van der Waals surface area contributed by atoms with Crippen molar-refractivity contribution in [1.29, 1.82) is 0 Å². The quantitative estimate of drug-likeness (QED) is 0.732. The van der Waals surface area contributed by atoms with Crippen LogP contribution in [0.15, 0.2) is 18.2 Å². The molecule has 0 amide bonds. The Morgan fingerprint density at radius 1 is 1.62 bits per heavy atom. The third-order valence-electron chi connectivity index (χ3n) is 1.60. The molecule has 1 atom stereocenters. The number of ether oxygens (including phenoxy) is 1. The molecule has 0 aliphatic carbocycles. The van der Waals surface area contributed by atoms with Gasteiger partial charge in [-0.25, -0.2) is 0 Å². The van der Waals surface area contributed by atoms with E-state index in [4.69, 9.17) is 27.2 Å². The predicted octanol–water partition coefficient (Wildman–Crippen LogP) is 1.69. The minimum atomic E-state index is -0.992. The Balaban J connectivity index is 2.92. The summed E-state index contributed by atoms with van der Waals surface area (Å²) in [4.78, 5) is 0. The number of rotatable bonds is 3. The molecule has 4 heteroatoms. The highest BCUT2D eigenvalue weighted by Crippen LogP contribution is 2.26. The Morgan fingerprint density at radius 3 is 2.77 bits per heavy atom. The molecule has 0 aliphatic rings. The zero-order valence-corrected chi connectivity index (χ0v) is 8.08. The Bertz CT molecular complexity index is 289. The molecule has 3 nitrogen and oxygen atoms in total. The van der Waals surface area contributed by atoms with Gasteiger partial charge in [0.05, 0.1) is 11.6 Å². The van der Waals surface area contributed by atoms with Gasteiger partial charge in [-0.3, -0.25) is 0 Å². The van der Waals surface area contributed by atoms with Crippen molar-refractivity contribution in [2.75, 3.05) is 6.61 Å². The summed E-state index contributed by atoms with van der Waals surface area (Å²) >= 11 is 5.86. The van der Waals surface area contributed by atoms with Crippen LogP contribution >= 0.6 is 11.6 Å². The molecule has 0 saturated heterocycles. The highest BCUT2D eigenvalue weighted by molar-refractivity contribution is 6.32. The van der Waals surface area contributed by atoms with Crippen LogP contribution in [-0.4, -0.2) is 11.7 Å². The van der Waals surface area contributed by atoms with Crippen LogP contribution in [-0.2, 0) is 0 Å². The van der Waals surface area contributed by atoms with E-state index in [2.05, 4.69) is 0 Å².